The van der Waals surface area contributed by atoms with Gasteiger partial charge in [0.25, 0.3) is 0 Å². The predicted molar refractivity (Wildman–Crippen MR) is 55.6 cm³/mol. The lowest BCUT2D eigenvalue weighted by Crippen LogP contribution is -2.51. The van der Waals surface area contributed by atoms with Crippen molar-refractivity contribution in [2.75, 3.05) is 25.2 Å². The third-order valence-electron chi connectivity index (χ3n) is 2.62. The van der Waals surface area contributed by atoms with Crippen molar-refractivity contribution in [3.05, 3.63) is 18.0 Å². The molecule has 82 valence electrons. The number of ether oxygens (including phenoxy) is 1. The largest absolute Gasteiger partial charge is 0.390 e. The first-order valence-corrected chi connectivity index (χ1v) is 5.03. The number of aromatic nitrogens is 2. The second-order valence-electron chi connectivity index (χ2n) is 3.60. The maximum Gasteiger partial charge on any atom is 0.225 e. The summed E-state index contributed by atoms with van der Waals surface area (Å²) in [5, 5.41) is 8.97. The van der Waals surface area contributed by atoms with Crippen LogP contribution in [0.2, 0.25) is 0 Å². The van der Waals surface area contributed by atoms with Gasteiger partial charge in [-0.05, 0) is 12.5 Å². The summed E-state index contributed by atoms with van der Waals surface area (Å²) in [4.78, 5) is 10.5. The molecule has 0 saturated carbocycles. The van der Waals surface area contributed by atoms with Crippen LogP contribution in [0.3, 0.4) is 0 Å². The zero-order valence-corrected chi connectivity index (χ0v) is 8.76. The summed E-state index contributed by atoms with van der Waals surface area (Å²) in [6, 6.07) is 2.10. The van der Waals surface area contributed by atoms with Crippen LogP contribution in [0.4, 0.5) is 5.95 Å². The summed E-state index contributed by atoms with van der Waals surface area (Å²) in [5.74, 6) is 0.690. The van der Waals surface area contributed by atoms with Crippen molar-refractivity contribution in [3.63, 3.8) is 0 Å². The second kappa shape index (κ2) is 4.55. The van der Waals surface area contributed by atoms with E-state index >= 15 is 0 Å². The fraction of sp³-hybridized carbons (Fsp3) is 0.600. The van der Waals surface area contributed by atoms with Gasteiger partial charge in [-0.2, -0.15) is 0 Å². The quantitative estimate of drug-likeness (QED) is 0.767. The highest BCUT2D eigenvalue weighted by Gasteiger charge is 2.29. The van der Waals surface area contributed by atoms with Gasteiger partial charge in [0.15, 0.2) is 0 Å². The van der Waals surface area contributed by atoms with Gasteiger partial charge in [-0.15, -0.1) is 0 Å². The minimum Gasteiger partial charge on any atom is -0.390 e. The molecule has 1 fully saturated rings. The Morgan fingerprint density at radius 3 is 3.13 bits per heavy atom. The van der Waals surface area contributed by atoms with Crippen LogP contribution >= 0.6 is 0 Å². The molecule has 2 rings (SSSR count). The Morgan fingerprint density at radius 1 is 1.67 bits per heavy atom. The number of anilines is 1. The standard InChI is InChI=1S/C10H15N3O2/c1-15-7-9-3-5-13(9)10-11-4-2-8(6-14)12-10/h2,4,9,14H,3,5-7H2,1H3. The molecule has 5 heteroatoms. The summed E-state index contributed by atoms with van der Waals surface area (Å²) in [6.07, 6.45) is 2.79. The van der Waals surface area contributed by atoms with Crippen molar-refractivity contribution in [2.45, 2.75) is 19.1 Å². The van der Waals surface area contributed by atoms with Crippen LogP contribution in [0.5, 0.6) is 0 Å². The molecule has 1 unspecified atom stereocenters. The third-order valence-corrected chi connectivity index (χ3v) is 2.62. The molecule has 1 aliphatic heterocycles. The zero-order chi connectivity index (χ0) is 10.7. The molecular weight excluding hydrogens is 194 g/mol. The Kier molecular flexibility index (Phi) is 3.13. The van der Waals surface area contributed by atoms with Crippen molar-refractivity contribution in [1.82, 2.24) is 9.97 Å². The van der Waals surface area contributed by atoms with Gasteiger partial charge in [0.05, 0.1) is 24.9 Å². The number of hydrogen-bond donors (Lipinski definition) is 1. The molecule has 15 heavy (non-hydrogen) atoms. The van der Waals surface area contributed by atoms with Gasteiger partial charge in [-0.1, -0.05) is 0 Å². The van der Waals surface area contributed by atoms with Crippen LogP contribution < -0.4 is 4.90 Å². The number of methoxy groups -OCH3 is 1. The van der Waals surface area contributed by atoms with Crippen molar-refractivity contribution in [2.24, 2.45) is 0 Å². The first-order valence-electron chi connectivity index (χ1n) is 5.03. The molecule has 0 aromatic carbocycles. The normalized spacial score (nSPS) is 20.1. The lowest BCUT2D eigenvalue weighted by Gasteiger charge is -2.40. The summed E-state index contributed by atoms with van der Waals surface area (Å²) >= 11 is 0. The molecule has 1 aromatic rings. The molecule has 0 radical (unpaired) electrons. The van der Waals surface area contributed by atoms with Gasteiger partial charge in [0.1, 0.15) is 0 Å². The van der Waals surface area contributed by atoms with Gasteiger partial charge in [-0.25, -0.2) is 9.97 Å². The van der Waals surface area contributed by atoms with E-state index in [1.54, 1.807) is 19.4 Å². The molecule has 0 aliphatic carbocycles. The Bertz CT molecular complexity index is 332. The number of aliphatic hydroxyl groups excluding tert-OH is 1. The first-order chi connectivity index (χ1) is 7.35. The van der Waals surface area contributed by atoms with E-state index in [1.807, 2.05) is 0 Å². The van der Waals surface area contributed by atoms with E-state index < -0.39 is 0 Å². The number of hydrogen-bond acceptors (Lipinski definition) is 5. The van der Waals surface area contributed by atoms with Crippen molar-refractivity contribution < 1.29 is 9.84 Å². The van der Waals surface area contributed by atoms with Crippen LogP contribution in [0, 0.1) is 0 Å². The molecule has 5 nitrogen and oxygen atoms in total. The smallest absolute Gasteiger partial charge is 0.225 e. The lowest BCUT2D eigenvalue weighted by atomic mass is 10.1. The fourth-order valence-electron chi connectivity index (χ4n) is 1.68. The Morgan fingerprint density at radius 2 is 2.53 bits per heavy atom. The maximum absolute atomic E-state index is 8.97. The Balaban J connectivity index is 2.08. The van der Waals surface area contributed by atoms with Crippen molar-refractivity contribution in [1.29, 1.82) is 0 Å². The minimum absolute atomic E-state index is 0.0433. The molecule has 0 amide bonds. The van der Waals surface area contributed by atoms with Crippen LogP contribution in [0.1, 0.15) is 12.1 Å². The third kappa shape index (κ3) is 2.08. The van der Waals surface area contributed by atoms with E-state index in [2.05, 4.69) is 14.9 Å². The lowest BCUT2D eigenvalue weighted by molar-refractivity contribution is 0.156. The van der Waals surface area contributed by atoms with Gasteiger partial charge < -0.3 is 14.7 Å². The minimum atomic E-state index is -0.0433. The summed E-state index contributed by atoms with van der Waals surface area (Å²) < 4.78 is 5.11. The van der Waals surface area contributed by atoms with Gasteiger partial charge in [0, 0.05) is 19.9 Å². The zero-order valence-electron chi connectivity index (χ0n) is 8.76. The van der Waals surface area contributed by atoms with E-state index in [0.717, 1.165) is 13.0 Å². The molecule has 0 bridgehead atoms. The van der Waals surface area contributed by atoms with E-state index in [9.17, 15) is 0 Å². The molecule has 2 heterocycles. The van der Waals surface area contributed by atoms with E-state index in [-0.39, 0.29) is 6.61 Å². The molecule has 1 aliphatic rings. The molecule has 0 spiro atoms. The highest BCUT2D eigenvalue weighted by Crippen LogP contribution is 2.22. The SMILES string of the molecule is COCC1CCN1c1nccc(CO)n1. The van der Waals surface area contributed by atoms with Crippen LogP contribution in [-0.4, -0.2) is 41.4 Å². The molecule has 1 saturated heterocycles. The summed E-state index contributed by atoms with van der Waals surface area (Å²) in [6.45, 7) is 1.62. The Labute approximate surface area is 88.7 Å². The average molecular weight is 209 g/mol. The first kappa shape index (κ1) is 10.3. The average Bonchev–Trinajstić information content (AvgIpc) is 2.25. The van der Waals surface area contributed by atoms with Gasteiger partial charge in [0.2, 0.25) is 5.95 Å². The van der Waals surface area contributed by atoms with E-state index in [0.29, 0.717) is 24.3 Å². The molecule has 1 N–H and O–H groups in total. The Hall–Kier alpha value is -1.20. The van der Waals surface area contributed by atoms with E-state index in [4.69, 9.17) is 9.84 Å². The number of nitrogens with zero attached hydrogens (tertiary/aromatic N) is 3. The predicted octanol–water partition coefficient (Wildman–Crippen LogP) is 0.194. The van der Waals surface area contributed by atoms with Crippen molar-refractivity contribution in [3.8, 4) is 0 Å². The van der Waals surface area contributed by atoms with Gasteiger partial charge >= 0.3 is 0 Å². The maximum atomic E-state index is 8.97. The topological polar surface area (TPSA) is 58.5 Å². The molecular formula is C10H15N3O2. The molecule has 1 aromatic heterocycles. The highest BCUT2D eigenvalue weighted by molar-refractivity contribution is 5.36. The van der Waals surface area contributed by atoms with Crippen LogP contribution in [-0.2, 0) is 11.3 Å². The molecule has 1 atom stereocenters. The second-order valence-corrected chi connectivity index (χ2v) is 3.60. The fourth-order valence-corrected chi connectivity index (χ4v) is 1.68. The van der Waals surface area contributed by atoms with E-state index in [1.165, 1.54) is 0 Å². The van der Waals surface area contributed by atoms with Crippen LogP contribution in [0.15, 0.2) is 12.3 Å². The number of aliphatic hydroxyl groups is 1. The monoisotopic (exact) mass is 209 g/mol. The summed E-state index contributed by atoms with van der Waals surface area (Å²) in [7, 11) is 1.70. The highest BCUT2D eigenvalue weighted by atomic mass is 16.5. The van der Waals surface area contributed by atoms with Crippen LogP contribution in [0.25, 0.3) is 0 Å². The number of rotatable bonds is 4. The van der Waals surface area contributed by atoms with Gasteiger partial charge in [-0.3, -0.25) is 0 Å². The van der Waals surface area contributed by atoms with Crippen molar-refractivity contribution >= 4 is 5.95 Å². The summed E-state index contributed by atoms with van der Waals surface area (Å²) in [5.41, 5.74) is 0.656.